The third-order valence-corrected chi connectivity index (χ3v) is 3.44. The van der Waals surface area contributed by atoms with Crippen LogP contribution in [0.25, 0.3) is 0 Å². The minimum absolute atomic E-state index is 0.0140. The third-order valence-electron chi connectivity index (χ3n) is 3.44. The van der Waals surface area contributed by atoms with Crippen LogP contribution in [0.5, 0.6) is 0 Å². The number of rotatable bonds is 3. The summed E-state index contributed by atoms with van der Waals surface area (Å²) in [7, 11) is 0. The zero-order chi connectivity index (χ0) is 13.8. The van der Waals surface area contributed by atoms with Crippen molar-refractivity contribution >= 4 is 5.91 Å². The molecule has 1 aliphatic heterocycles. The summed E-state index contributed by atoms with van der Waals surface area (Å²) >= 11 is 0. The van der Waals surface area contributed by atoms with Crippen LogP contribution in [0.2, 0.25) is 0 Å². The molecule has 2 rings (SSSR count). The predicted octanol–water partition coefficient (Wildman–Crippen LogP) is 2.23. The van der Waals surface area contributed by atoms with E-state index < -0.39 is 17.5 Å². The van der Waals surface area contributed by atoms with Crippen molar-refractivity contribution in [2.75, 3.05) is 6.54 Å². The van der Waals surface area contributed by atoms with Crippen molar-refractivity contribution in [2.24, 2.45) is 0 Å². The molecule has 3 nitrogen and oxygen atoms in total. The minimum Gasteiger partial charge on any atom is -0.348 e. The van der Waals surface area contributed by atoms with Crippen molar-refractivity contribution in [2.45, 2.75) is 38.3 Å². The van der Waals surface area contributed by atoms with Crippen LogP contribution in [-0.4, -0.2) is 24.5 Å². The number of piperidine rings is 1. The highest BCUT2D eigenvalue weighted by atomic mass is 19.1. The van der Waals surface area contributed by atoms with E-state index in [-0.39, 0.29) is 17.6 Å². The lowest BCUT2D eigenvalue weighted by Gasteiger charge is -2.29. The monoisotopic (exact) mass is 268 g/mol. The molecule has 2 N–H and O–H groups in total. The maximum Gasteiger partial charge on any atom is 0.251 e. The van der Waals surface area contributed by atoms with E-state index in [1.165, 1.54) is 0 Å². The molecule has 1 fully saturated rings. The van der Waals surface area contributed by atoms with Gasteiger partial charge < -0.3 is 10.6 Å². The Bertz CT molecular complexity index is 439. The summed E-state index contributed by atoms with van der Waals surface area (Å²) in [5, 5.41) is 6.12. The standard InChI is InChI=1S/C14H18F2N2O/c1-9(13-4-2-3-5-17-13)18-14(19)10-6-11(15)8-12(16)7-10/h6-9,13,17H,2-5H2,1H3,(H,18,19). The van der Waals surface area contributed by atoms with Crippen molar-refractivity contribution in [1.82, 2.24) is 10.6 Å². The van der Waals surface area contributed by atoms with Crippen molar-refractivity contribution < 1.29 is 13.6 Å². The smallest absolute Gasteiger partial charge is 0.251 e. The first-order chi connectivity index (χ1) is 9.06. The zero-order valence-electron chi connectivity index (χ0n) is 10.9. The molecule has 104 valence electrons. The molecule has 1 aromatic rings. The number of benzene rings is 1. The first-order valence-electron chi connectivity index (χ1n) is 6.56. The minimum atomic E-state index is -0.742. The highest BCUT2D eigenvalue weighted by Crippen LogP contribution is 2.12. The Hall–Kier alpha value is -1.49. The van der Waals surface area contributed by atoms with Crippen LogP contribution < -0.4 is 10.6 Å². The lowest BCUT2D eigenvalue weighted by atomic mass is 9.99. The van der Waals surface area contributed by atoms with Gasteiger partial charge in [0.05, 0.1) is 0 Å². The lowest BCUT2D eigenvalue weighted by molar-refractivity contribution is 0.0927. The first-order valence-corrected chi connectivity index (χ1v) is 6.56. The van der Waals surface area contributed by atoms with Gasteiger partial charge in [0.1, 0.15) is 11.6 Å². The van der Waals surface area contributed by atoms with Crippen molar-refractivity contribution in [3.05, 3.63) is 35.4 Å². The molecule has 5 heteroatoms. The van der Waals surface area contributed by atoms with Crippen LogP contribution in [0.15, 0.2) is 18.2 Å². The predicted molar refractivity (Wildman–Crippen MR) is 68.9 cm³/mol. The fraction of sp³-hybridized carbons (Fsp3) is 0.500. The molecule has 0 bridgehead atoms. The van der Waals surface area contributed by atoms with Gasteiger partial charge in [-0.25, -0.2) is 8.78 Å². The Kier molecular flexibility index (Phi) is 4.47. The Balaban J connectivity index is 1.99. The van der Waals surface area contributed by atoms with Gasteiger partial charge in [-0.1, -0.05) is 6.42 Å². The number of carbonyl (C=O) groups excluding carboxylic acids is 1. The summed E-state index contributed by atoms with van der Waals surface area (Å²) in [4.78, 5) is 11.9. The number of amides is 1. The number of halogens is 2. The summed E-state index contributed by atoms with van der Waals surface area (Å²) in [6, 6.07) is 2.98. The molecule has 0 aliphatic carbocycles. The summed E-state index contributed by atoms with van der Waals surface area (Å²) in [5.41, 5.74) is 0.0140. The topological polar surface area (TPSA) is 41.1 Å². The van der Waals surface area contributed by atoms with Gasteiger partial charge >= 0.3 is 0 Å². The van der Waals surface area contributed by atoms with Crippen molar-refractivity contribution in [3.8, 4) is 0 Å². The molecule has 19 heavy (non-hydrogen) atoms. The van der Waals surface area contributed by atoms with Crippen LogP contribution in [0.3, 0.4) is 0 Å². The highest BCUT2D eigenvalue weighted by molar-refractivity contribution is 5.94. The molecule has 0 radical (unpaired) electrons. The Morgan fingerprint density at radius 3 is 2.58 bits per heavy atom. The number of hydrogen-bond donors (Lipinski definition) is 2. The quantitative estimate of drug-likeness (QED) is 0.882. The van der Waals surface area contributed by atoms with Crippen LogP contribution >= 0.6 is 0 Å². The second-order valence-corrected chi connectivity index (χ2v) is 4.98. The van der Waals surface area contributed by atoms with E-state index in [9.17, 15) is 13.6 Å². The molecule has 1 aliphatic rings. The van der Waals surface area contributed by atoms with E-state index in [0.717, 1.165) is 44.0 Å². The molecule has 2 atom stereocenters. The van der Waals surface area contributed by atoms with Gasteiger partial charge in [-0.05, 0) is 38.4 Å². The van der Waals surface area contributed by atoms with E-state index in [1.54, 1.807) is 0 Å². The number of nitrogens with one attached hydrogen (secondary N) is 2. The first kappa shape index (κ1) is 13.9. The molecule has 0 aromatic heterocycles. The average molecular weight is 268 g/mol. The molecule has 1 aromatic carbocycles. The Morgan fingerprint density at radius 1 is 1.32 bits per heavy atom. The summed E-state index contributed by atoms with van der Waals surface area (Å²) in [5.74, 6) is -1.93. The van der Waals surface area contributed by atoms with E-state index in [1.807, 2.05) is 6.92 Å². The Labute approximate surface area is 111 Å². The second-order valence-electron chi connectivity index (χ2n) is 4.98. The fourth-order valence-electron chi connectivity index (χ4n) is 2.38. The van der Waals surface area contributed by atoms with Crippen molar-refractivity contribution in [3.63, 3.8) is 0 Å². The Morgan fingerprint density at radius 2 is 2.00 bits per heavy atom. The molecule has 0 spiro atoms. The molecule has 1 amide bonds. The van der Waals surface area contributed by atoms with Crippen LogP contribution in [-0.2, 0) is 0 Å². The number of hydrogen-bond acceptors (Lipinski definition) is 2. The van der Waals surface area contributed by atoms with Gasteiger partial charge in [0, 0.05) is 23.7 Å². The molecular formula is C14H18F2N2O. The molecule has 2 unspecified atom stereocenters. The van der Waals surface area contributed by atoms with Crippen LogP contribution in [0.1, 0.15) is 36.5 Å². The maximum absolute atomic E-state index is 13.0. The van der Waals surface area contributed by atoms with Gasteiger partial charge in [0.15, 0.2) is 0 Å². The maximum atomic E-state index is 13.0. The summed E-state index contributed by atoms with van der Waals surface area (Å²) in [6.45, 7) is 2.84. The second kappa shape index (κ2) is 6.10. The lowest BCUT2D eigenvalue weighted by Crippen LogP contribution is -2.50. The zero-order valence-corrected chi connectivity index (χ0v) is 10.9. The van der Waals surface area contributed by atoms with Gasteiger partial charge in [-0.15, -0.1) is 0 Å². The normalized spacial score (nSPS) is 20.9. The SMILES string of the molecule is CC(NC(=O)c1cc(F)cc(F)c1)C1CCCCN1. The summed E-state index contributed by atoms with van der Waals surface area (Å²) in [6.07, 6.45) is 3.28. The molecule has 1 saturated heterocycles. The van der Waals surface area contributed by atoms with E-state index >= 15 is 0 Å². The van der Waals surface area contributed by atoms with Gasteiger partial charge in [0.25, 0.3) is 5.91 Å². The van der Waals surface area contributed by atoms with Crippen LogP contribution in [0.4, 0.5) is 8.78 Å². The fourth-order valence-corrected chi connectivity index (χ4v) is 2.38. The van der Waals surface area contributed by atoms with E-state index in [2.05, 4.69) is 10.6 Å². The van der Waals surface area contributed by atoms with Gasteiger partial charge in [-0.2, -0.15) is 0 Å². The summed E-state index contributed by atoms with van der Waals surface area (Å²) < 4.78 is 26.1. The third kappa shape index (κ3) is 3.73. The van der Waals surface area contributed by atoms with E-state index in [0.29, 0.717) is 0 Å². The van der Waals surface area contributed by atoms with Crippen LogP contribution in [0, 0.1) is 11.6 Å². The molecule has 0 saturated carbocycles. The van der Waals surface area contributed by atoms with Gasteiger partial charge in [0.2, 0.25) is 0 Å². The van der Waals surface area contributed by atoms with Crippen molar-refractivity contribution in [1.29, 1.82) is 0 Å². The molecular weight excluding hydrogens is 250 g/mol. The van der Waals surface area contributed by atoms with E-state index in [4.69, 9.17) is 0 Å². The average Bonchev–Trinajstić information content (AvgIpc) is 2.38. The highest BCUT2D eigenvalue weighted by Gasteiger charge is 2.21. The van der Waals surface area contributed by atoms with Gasteiger partial charge in [-0.3, -0.25) is 4.79 Å². The molecule has 1 heterocycles. The number of carbonyl (C=O) groups is 1. The largest absolute Gasteiger partial charge is 0.348 e.